The van der Waals surface area contributed by atoms with Gasteiger partial charge in [-0.15, -0.1) is 0 Å². The third-order valence-corrected chi connectivity index (χ3v) is 4.42. The molecule has 0 unspecified atom stereocenters. The Kier molecular flexibility index (Phi) is 3.36. The van der Waals surface area contributed by atoms with Gasteiger partial charge in [0.15, 0.2) is 0 Å². The summed E-state index contributed by atoms with van der Waals surface area (Å²) in [4.78, 5) is 9.32. The second kappa shape index (κ2) is 5.06. The normalized spacial score (nSPS) is 17.5. The molecule has 21 heavy (non-hydrogen) atoms. The van der Waals surface area contributed by atoms with Gasteiger partial charge in [-0.25, -0.2) is 0 Å². The van der Waals surface area contributed by atoms with Crippen molar-refractivity contribution in [2.24, 2.45) is 0 Å². The maximum Gasteiger partial charge on any atom is 0.103 e. The smallest absolute Gasteiger partial charge is 0.103 e. The highest BCUT2D eigenvalue weighted by molar-refractivity contribution is 5.84. The molecule has 0 saturated carbocycles. The maximum absolute atomic E-state index is 4.62. The van der Waals surface area contributed by atoms with E-state index >= 15 is 0 Å². The Morgan fingerprint density at radius 3 is 2.48 bits per heavy atom. The van der Waals surface area contributed by atoms with Crippen LogP contribution in [0.4, 0.5) is 17.1 Å². The molecule has 0 saturated heterocycles. The second-order valence-corrected chi connectivity index (χ2v) is 6.15. The Morgan fingerprint density at radius 2 is 1.81 bits per heavy atom. The molecule has 0 radical (unpaired) electrons. The van der Waals surface area contributed by atoms with Gasteiger partial charge in [0.1, 0.15) is 6.17 Å². The van der Waals surface area contributed by atoms with E-state index in [0.29, 0.717) is 12.1 Å². The van der Waals surface area contributed by atoms with Gasteiger partial charge < -0.3 is 9.80 Å². The van der Waals surface area contributed by atoms with Crippen molar-refractivity contribution < 1.29 is 0 Å². The fraction of sp³-hybridized carbons (Fsp3) is 0.389. The van der Waals surface area contributed by atoms with E-state index in [9.17, 15) is 0 Å². The van der Waals surface area contributed by atoms with Crippen LogP contribution in [0, 0.1) is 6.92 Å². The van der Waals surface area contributed by atoms with Crippen molar-refractivity contribution in [3.05, 3.63) is 47.8 Å². The topological polar surface area (TPSA) is 19.4 Å². The van der Waals surface area contributed by atoms with Crippen molar-refractivity contribution in [3.63, 3.8) is 0 Å². The first-order valence-electron chi connectivity index (χ1n) is 7.58. The molecule has 0 N–H and O–H groups in total. The van der Waals surface area contributed by atoms with Crippen molar-refractivity contribution in [1.82, 2.24) is 4.98 Å². The molecule has 0 fully saturated rings. The van der Waals surface area contributed by atoms with Gasteiger partial charge in [-0.1, -0.05) is 32.0 Å². The zero-order valence-corrected chi connectivity index (χ0v) is 13.5. The van der Waals surface area contributed by atoms with Crippen LogP contribution < -0.4 is 9.80 Å². The Morgan fingerprint density at radius 1 is 1.10 bits per heavy atom. The van der Waals surface area contributed by atoms with Crippen LogP contribution >= 0.6 is 0 Å². The lowest BCUT2D eigenvalue weighted by atomic mass is 10.1. The molecule has 0 amide bonds. The number of fused-ring (bicyclic) bond motifs is 1. The molecule has 1 aromatic carbocycles. The number of rotatable bonds is 2. The molecule has 2 aromatic rings. The van der Waals surface area contributed by atoms with Crippen molar-refractivity contribution in [2.75, 3.05) is 16.8 Å². The molecule has 0 bridgehead atoms. The molecule has 1 aromatic heterocycles. The van der Waals surface area contributed by atoms with E-state index in [1.807, 2.05) is 6.20 Å². The van der Waals surface area contributed by atoms with Gasteiger partial charge in [-0.3, -0.25) is 4.98 Å². The predicted molar refractivity (Wildman–Crippen MR) is 89.5 cm³/mol. The van der Waals surface area contributed by atoms with Gasteiger partial charge >= 0.3 is 0 Å². The van der Waals surface area contributed by atoms with E-state index < -0.39 is 0 Å². The summed E-state index contributed by atoms with van der Waals surface area (Å²) in [6.07, 6.45) is 2.31. The van der Waals surface area contributed by atoms with Crippen LogP contribution in [0.2, 0.25) is 0 Å². The third kappa shape index (κ3) is 2.17. The molecule has 2 heterocycles. The van der Waals surface area contributed by atoms with Gasteiger partial charge in [0.05, 0.1) is 17.6 Å². The van der Waals surface area contributed by atoms with Crippen LogP contribution in [0.5, 0.6) is 0 Å². The number of aromatic nitrogens is 1. The first-order valence-corrected chi connectivity index (χ1v) is 7.58. The first kappa shape index (κ1) is 13.9. The van der Waals surface area contributed by atoms with E-state index in [0.717, 1.165) is 5.69 Å². The van der Waals surface area contributed by atoms with Crippen LogP contribution in [-0.4, -0.2) is 18.2 Å². The summed E-state index contributed by atoms with van der Waals surface area (Å²) >= 11 is 0. The minimum Gasteiger partial charge on any atom is -0.351 e. The Bertz CT molecular complexity index is 663. The lowest BCUT2D eigenvalue weighted by Crippen LogP contribution is -2.35. The van der Waals surface area contributed by atoms with Crippen LogP contribution in [0.1, 0.15) is 37.9 Å². The fourth-order valence-corrected chi connectivity index (χ4v) is 2.97. The molecule has 1 aliphatic heterocycles. The standard InChI is InChI=1S/C18H23N3/c1-12(2)15-10-17-18(11-19-15)20(5)14(4)21(17)16-9-7-6-8-13(16)3/h6-12,14H,1-5H3/t14-/m0/s1. The highest BCUT2D eigenvalue weighted by atomic mass is 15.4. The van der Waals surface area contributed by atoms with Gasteiger partial charge in [0.25, 0.3) is 0 Å². The zero-order chi connectivity index (χ0) is 15.1. The number of nitrogens with zero attached hydrogens (tertiary/aromatic N) is 3. The minimum atomic E-state index is 0.297. The maximum atomic E-state index is 4.62. The van der Waals surface area contributed by atoms with E-state index in [-0.39, 0.29) is 0 Å². The molecule has 1 aliphatic rings. The summed E-state index contributed by atoms with van der Waals surface area (Å²) in [5, 5.41) is 0. The molecule has 1 atom stereocenters. The number of benzene rings is 1. The SMILES string of the molecule is Cc1ccccc1N1c2cc(C(C)C)ncc2N(C)[C@@H]1C. The van der Waals surface area contributed by atoms with E-state index in [4.69, 9.17) is 0 Å². The van der Waals surface area contributed by atoms with E-state index in [1.54, 1.807) is 0 Å². The Hall–Kier alpha value is -2.03. The number of aryl methyl sites for hydroxylation is 1. The summed E-state index contributed by atoms with van der Waals surface area (Å²) in [7, 11) is 2.14. The first-order chi connectivity index (χ1) is 10.0. The van der Waals surface area contributed by atoms with Gasteiger partial charge in [-0.05, 0) is 37.5 Å². The molecule has 3 heteroatoms. The molecule has 0 spiro atoms. The number of para-hydroxylation sites is 1. The van der Waals surface area contributed by atoms with Gasteiger partial charge in [0, 0.05) is 18.4 Å². The molecule has 3 nitrogen and oxygen atoms in total. The molecule has 0 aliphatic carbocycles. The summed E-state index contributed by atoms with van der Waals surface area (Å²) < 4.78 is 0. The minimum absolute atomic E-state index is 0.297. The molecule has 3 rings (SSSR count). The number of hydrogen-bond acceptors (Lipinski definition) is 3. The van der Waals surface area contributed by atoms with Gasteiger partial charge in [0.2, 0.25) is 0 Å². The molecular formula is C18H23N3. The highest BCUT2D eigenvalue weighted by Crippen LogP contribution is 2.44. The summed E-state index contributed by atoms with van der Waals surface area (Å²) in [5.74, 6) is 0.440. The van der Waals surface area contributed by atoms with Crippen LogP contribution in [0.25, 0.3) is 0 Å². The largest absolute Gasteiger partial charge is 0.351 e. The van der Waals surface area contributed by atoms with Crippen molar-refractivity contribution >= 4 is 17.1 Å². The number of anilines is 3. The van der Waals surface area contributed by atoms with Crippen LogP contribution in [-0.2, 0) is 0 Å². The van der Waals surface area contributed by atoms with Crippen LogP contribution in [0.15, 0.2) is 36.5 Å². The molecule has 110 valence electrons. The van der Waals surface area contributed by atoms with Gasteiger partial charge in [-0.2, -0.15) is 0 Å². The summed E-state index contributed by atoms with van der Waals surface area (Å²) in [5.41, 5.74) is 6.19. The Balaban J connectivity index is 2.16. The van der Waals surface area contributed by atoms with Crippen molar-refractivity contribution in [1.29, 1.82) is 0 Å². The third-order valence-electron chi connectivity index (χ3n) is 4.42. The lowest BCUT2D eigenvalue weighted by Gasteiger charge is -2.29. The summed E-state index contributed by atoms with van der Waals surface area (Å²) in [6.45, 7) is 8.79. The second-order valence-electron chi connectivity index (χ2n) is 6.15. The average molecular weight is 281 g/mol. The zero-order valence-electron chi connectivity index (χ0n) is 13.5. The Labute approximate surface area is 127 Å². The average Bonchev–Trinajstić information content (AvgIpc) is 2.71. The number of hydrogen-bond donors (Lipinski definition) is 0. The van der Waals surface area contributed by atoms with Crippen molar-refractivity contribution in [2.45, 2.75) is 39.8 Å². The molecular weight excluding hydrogens is 258 g/mol. The predicted octanol–water partition coefficient (Wildman–Crippen LogP) is 4.45. The fourth-order valence-electron chi connectivity index (χ4n) is 2.97. The van der Waals surface area contributed by atoms with E-state index in [2.05, 4.69) is 79.9 Å². The lowest BCUT2D eigenvalue weighted by molar-refractivity contribution is 0.732. The monoisotopic (exact) mass is 281 g/mol. The quantitative estimate of drug-likeness (QED) is 0.811. The highest BCUT2D eigenvalue weighted by Gasteiger charge is 2.32. The van der Waals surface area contributed by atoms with Crippen molar-refractivity contribution in [3.8, 4) is 0 Å². The van der Waals surface area contributed by atoms with E-state index in [1.165, 1.54) is 22.6 Å². The van der Waals surface area contributed by atoms with Crippen LogP contribution in [0.3, 0.4) is 0 Å². The summed E-state index contributed by atoms with van der Waals surface area (Å²) in [6, 6.07) is 10.8. The number of pyridine rings is 1.